The summed E-state index contributed by atoms with van der Waals surface area (Å²) in [4.78, 5) is 20.2. The molecule has 16 heavy (non-hydrogen) atoms. The van der Waals surface area contributed by atoms with Crippen LogP contribution < -0.4 is 4.89 Å². The first-order valence-electron chi connectivity index (χ1n) is 5.67. The van der Waals surface area contributed by atoms with Crippen molar-refractivity contribution in [3.8, 4) is 5.75 Å². The van der Waals surface area contributed by atoms with E-state index >= 15 is 0 Å². The zero-order valence-electron chi connectivity index (χ0n) is 9.86. The summed E-state index contributed by atoms with van der Waals surface area (Å²) in [5, 5.41) is 0. The molecule has 0 saturated heterocycles. The molecule has 0 fully saturated rings. The summed E-state index contributed by atoms with van der Waals surface area (Å²) in [6.07, 6.45) is 4.46. The highest BCUT2D eigenvalue weighted by Gasteiger charge is 2.05. The van der Waals surface area contributed by atoms with Crippen LogP contribution in [0.4, 0.5) is 0 Å². The van der Waals surface area contributed by atoms with Gasteiger partial charge in [-0.15, -0.1) is 0 Å². The fourth-order valence-corrected chi connectivity index (χ4v) is 1.46. The van der Waals surface area contributed by atoms with Gasteiger partial charge in [-0.25, -0.2) is 4.79 Å². The Morgan fingerprint density at radius 3 is 2.69 bits per heavy atom. The molecule has 0 aromatic heterocycles. The number of hydrogen-bond donors (Lipinski definition) is 0. The van der Waals surface area contributed by atoms with Crippen molar-refractivity contribution < 1.29 is 14.6 Å². The van der Waals surface area contributed by atoms with E-state index in [1.807, 2.05) is 24.3 Å². The lowest BCUT2D eigenvalue weighted by Gasteiger charge is -2.08. The molecular weight excluding hydrogens is 204 g/mol. The van der Waals surface area contributed by atoms with Gasteiger partial charge in [0.2, 0.25) is 0 Å². The molecule has 3 nitrogen and oxygen atoms in total. The lowest BCUT2D eigenvalue weighted by atomic mass is 10.1. The smallest absolute Gasteiger partial charge is 0.287 e. The standard InChI is InChI=1S/C13H18O3/c1-3-4-5-8-12-9-6-7-10-13(12)16-15-11(2)14/h6-7,9-10H,3-5,8H2,1-2H3. The predicted octanol–water partition coefficient (Wildman–Crippen LogP) is 3.28. The Morgan fingerprint density at radius 1 is 1.25 bits per heavy atom. The first kappa shape index (κ1) is 12.6. The maximum absolute atomic E-state index is 10.6. The van der Waals surface area contributed by atoms with E-state index in [2.05, 4.69) is 11.8 Å². The summed E-state index contributed by atoms with van der Waals surface area (Å²) in [6, 6.07) is 7.63. The van der Waals surface area contributed by atoms with Gasteiger partial charge in [-0.3, -0.25) is 9.78 Å². The van der Waals surface area contributed by atoms with Gasteiger partial charge in [0.25, 0.3) is 0 Å². The summed E-state index contributed by atoms with van der Waals surface area (Å²) < 4.78 is 0. The van der Waals surface area contributed by atoms with Crippen LogP contribution in [0.5, 0.6) is 5.75 Å². The van der Waals surface area contributed by atoms with Crippen LogP contribution >= 0.6 is 0 Å². The Labute approximate surface area is 96.3 Å². The molecule has 1 aromatic rings. The lowest BCUT2D eigenvalue weighted by molar-refractivity contribution is -0.211. The maximum atomic E-state index is 10.6. The molecule has 1 aromatic carbocycles. The Morgan fingerprint density at radius 2 is 2.00 bits per heavy atom. The summed E-state index contributed by atoms with van der Waals surface area (Å²) >= 11 is 0. The Hall–Kier alpha value is -1.51. The minimum absolute atomic E-state index is 0.441. The first-order valence-corrected chi connectivity index (χ1v) is 5.67. The normalized spacial score (nSPS) is 9.88. The number of aryl methyl sites for hydroxylation is 1. The molecule has 1 rings (SSSR count). The van der Waals surface area contributed by atoms with Crippen LogP contribution in [0.1, 0.15) is 38.7 Å². The average molecular weight is 222 g/mol. The topological polar surface area (TPSA) is 35.5 Å². The van der Waals surface area contributed by atoms with E-state index in [0.717, 1.165) is 18.4 Å². The molecule has 3 heteroatoms. The van der Waals surface area contributed by atoms with Crippen LogP contribution in [0.2, 0.25) is 0 Å². The Balaban J connectivity index is 2.56. The van der Waals surface area contributed by atoms with Crippen molar-refractivity contribution >= 4 is 5.97 Å². The predicted molar refractivity (Wildman–Crippen MR) is 62.1 cm³/mol. The Bertz CT molecular complexity index is 334. The molecule has 0 unspecified atom stereocenters. The van der Waals surface area contributed by atoms with E-state index < -0.39 is 5.97 Å². The molecular formula is C13H18O3. The maximum Gasteiger partial charge on any atom is 0.352 e. The molecule has 88 valence electrons. The molecule has 0 saturated carbocycles. The molecule has 0 aliphatic carbocycles. The van der Waals surface area contributed by atoms with E-state index in [-0.39, 0.29) is 0 Å². The molecule has 0 radical (unpaired) electrons. The highest BCUT2D eigenvalue weighted by molar-refractivity contribution is 5.65. The van der Waals surface area contributed by atoms with E-state index in [4.69, 9.17) is 4.89 Å². The third kappa shape index (κ3) is 4.34. The number of carbonyl (C=O) groups excluding carboxylic acids is 1. The third-order valence-electron chi connectivity index (χ3n) is 2.27. The first-order chi connectivity index (χ1) is 7.74. The van der Waals surface area contributed by atoms with E-state index in [0.29, 0.717) is 5.75 Å². The number of carbonyl (C=O) groups is 1. The summed E-state index contributed by atoms with van der Waals surface area (Å²) in [5.41, 5.74) is 1.08. The van der Waals surface area contributed by atoms with Gasteiger partial charge in [0, 0.05) is 6.92 Å². The lowest BCUT2D eigenvalue weighted by Crippen LogP contribution is -2.04. The van der Waals surface area contributed by atoms with Crippen LogP contribution in [-0.4, -0.2) is 5.97 Å². The van der Waals surface area contributed by atoms with Crippen molar-refractivity contribution in [2.75, 3.05) is 0 Å². The SMILES string of the molecule is CCCCCc1ccccc1OOC(C)=O. The van der Waals surface area contributed by atoms with E-state index in [1.54, 1.807) is 0 Å². The second-order valence-electron chi connectivity index (χ2n) is 3.72. The zero-order chi connectivity index (χ0) is 11.8. The molecule has 0 heterocycles. The van der Waals surface area contributed by atoms with Crippen molar-refractivity contribution in [2.45, 2.75) is 39.5 Å². The molecule has 0 N–H and O–H groups in total. The Kier molecular flexibility index (Phi) is 5.40. The van der Waals surface area contributed by atoms with Crippen molar-refractivity contribution in [3.63, 3.8) is 0 Å². The van der Waals surface area contributed by atoms with Gasteiger partial charge in [0.05, 0.1) is 0 Å². The fraction of sp³-hybridized carbons (Fsp3) is 0.462. The average Bonchev–Trinajstić information content (AvgIpc) is 2.28. The van der Waals surface area contributed by atoms with Gasteiger partial charge in [-0.1, -0.05) is 38.0 Å². The second kappa shape index (κ2) is 6.88. The van der Waals surface area contributed by atoms with Gasteiger partial charge >= 0.3 is 5.97 Å². The van der Waals surface area contributed by atoms with Gasteiger partial charge < -0.3 is 0 Å². The number of rotatable bonds is 6. The van der Waals surface area contributed by atoms with E-state index in [9.17, 15) is 4.79 Å². The largest absolute Gasteiger partial charge is 0.352 e. The van der Waals surface area contributed by atoms with Crippen LogP contribution in [0.15, 0.2) is 24.3 Å². The van der Waals surface area contributed by atoms with Crippen LogP contribution in [0.25, 0.3) is 0 Å². The fourth-order valence-electron chi connectivity index (χ4n) is 1.46. The highest BCUT2D eigenvalue weighted by atomic mass is 17.2. The number of unbranched alkanes of at least 4 members (excludes halogenated alkanes) is 2. The number of hydrogen-bond acceptors (Lipinski definition) is 3. The van der Waals surface area contributed by atoms with Crippen molar-refractivity contribution in [2.24, 2.45) is 0 Å². The number of benzene rings is 1. The monoisotopic (exact) mass is 222 g/mol. The van der Waals surface area contributed by atoms with Crippen molar-refractivity contribution in [1.29, 1.82) is 0 Å². The second-order valence-corrected chi connectivity index (χ2v) is 3.72. The van der Waals surface area contributed by atoms with Crippen molar-refractivity contribution in [3.05, 3.63) is 29.8 Å². The van der Waals surface area contributed by atoms with Gasteiger partial charge in [0.1, 0.15) is 0 Å². The molecule has 0 aliphatic rings. The van der Waals surface area contributed by atoms with Crippen LogP contribution in [0, 0.1) is 0 Å². The van der Waals surface area contributed by atoms with Gasteiger partial charge in [-0.2, -0.15) is 0 Å². The molecule has 0 bridgehead atoms. The highest BCUT2D eigenvalue weighted by Crippen LogP contribution is 2.20. The van der Waals surface area contributed by atoms with E-state index in [1.165, 1.54) is 19.8 Å². The van der Waals surface area contributed by atoms with Crippen LogP contribution in [0.3, 0.4) is 0 Å². The summed E-state index contributed by atoms with van der Waals surface area (Å²) in [7, 11) is 0. The minimum Gasteiger partial charge on any atom is -0.287 e. The molecule has 0 amide bonds. The minimum atomic E-state index is -0.441. The van der Waals surface area contributed by atoms with Crippen LogP contribution in [-0.2, 0) is 16.1 Å². The summed E-state index contributed by atoms with van der Waals surface area (Å²) in [5.74, 6) is 0.192. The molecule has 0 atom stereocenters. The number of para-hydroxylation sites is 1. The summed E-state index contributed by atoms with van der Waals surface area (Å²) in [6.45, 7) is 3.49. The van der Waals surface area contributed by atoms with Crippen molar-refractivity contribution in [1.82, 2.24) is 0 Å². The molecule has 0 aliphatic heterocycles. The third-order valence-corrected chi connectivity index (χ3v) is 2.27. The van der Waals surface area contributed by atoms with Gasteiger partial charge in [0.15, 0.2) is 5.75 Å². The quantitative estimate of drug-likeness (QED) is 0.421. The zero-order valence-corrected chi connectivity index (χ0v) is 9.86. The van der Waals surface area contributed by atoms with Gasteiger partial charge in [-0.05, 0) is 24.5 Å². The molecule has 0 spiro atoms.